The van der Waals surface area contributed by atoms with Crippen molar-refractivity contribution in [3.63, 3.8) is 0 Å². The average molecular weight is 328 g/mol. The standard InChI is InChI=1S/C15H19ClFN3O2/c1-19-5-6-20(9-10(8-19)15(18)22)14(21)7-11-12(16)3-2-4-13(11)17/h2-4,10H,5-9H2,1H3,(H2,18,22)/t10-/m0/s1. The fraction of sp³-hybridized carbons (Fsp3) is 0.467. The summed E-state index contributed by atoms with van der Waals surface area (Å²) in [4.78, 5) is 27.4. The van der Waals surface area contributed by atoms with Gasteiger partial charge in [-0.15, -0.1) is 0 Å². The number of halogens is 2. The molecule has 22 heavy (non-hydrogen) atoms. The molecular formula is C15H19ClFN3O2. The van der Waals surface area contributed by atoms with E-state index in [1.165, 1.54) is 12.1 Å². The van der Waals surface area contributed by atoms with Crippen molar-refractivity contribution in [1.82, 2.24) is 9.80 Å². The molecule has 7 heteroatoms. The van der Waals surface area contributed by atoms with Crippen molar-refractivity contribution in [2.75, 3.05) is 33.2 Å². The number of amides is 2. The molecule has 0 aromatic heterocycles. The number of hydrogen-bond acceptors (Lipinski definition) is 3. The van der Waals surface area contributed by atoms with Crippen molar-refractivity contribution >= 4 is 23.4 Å². The van der Waals surface area contributed by atoms with Gasteiger partial charge in [-0.05, 0) is 19.2 Å². The molecule has 120 valence electrons. The lowest BCUT2D eigenvalue weighted by atomic mass is 10.1. The second kappa shape index (κ2) is 7.07. The lowest BCUT2D eigenvalue weighted by Gasteiger charge is -2.23. The Balaban J connectivity index is 2.12. The highest BCUT2D eigenvalue weighted by Gasteiger charge is 2.28. The maximum absolute atomic E-state index is 13.8. The summed E-state index contributed by atoms with van der Waals surface area (Å²) in [5.41, 5.74) is 5.56. The van der Waals surface area contributed by atoms with Crippen LogP contribution in [0.15, 0.2) is 18.2 Å². The summed E-state index contributed by atoms with van der Waals surface area (Å²) in [7, 11) is 1.87. The van der Waals surface area contributed by atoms with Crippen molar-refractivity contribution in [3.8, 4) is 0 Å². The number of hydrogen-bond donors (Lipinski definition) is 1. The normalized spacial score (nSPS) is 19.8. The van der Waals surface area contributed by atoms with Crippen molar-refractivity contribution < 1.29 is 14.0 Å². The molecule has 1 aromatic carbocycles. The van der Waals surface area contributed by atoms with E-state index in [2.05, 4.69) is 0 Å². The molecule has 0 spiro atoms. The van der Waals surface area contributed by atoms with Gasteiger partial charge in [0, 0.05) is 36.8 Å². The monoisotopic (exact) mass is 327 g/mol. The Morgan fingerprint density at radius 2 is 2.09 bits per heavy atom. The van der Waals surface area contributed by atoms with Crippen molar-refractivity contribution in [2.45, 2.75) is 6.42 Å². The van der Waals surface area contributed by atoms with Crippen LogP contribution in [0.1, 0.15) is 5.56 Å². The minimum absolute atomic E-state index is 0.124. The van der Waals surface area contributed by atoms with Gasteiger partial charge in [0.25, 0.3) is 0 Å². The van der Waals surface area contributed by atoms with Gasteiger partial charge in [0.15, 0.2) is 0 Å². The minimum atomic E-state index is -0.501. The SMILES string of the molecule is CN1CCN(C(=O)Cc2c(F)cccc2Cl)C[C@@H](C(N)=O)C1. The third-order valence-corrected chi connectivity index (χ3v) is 4.22. The van der Waals surface area contributed by atoms with E-state index in [1.807, 2.05) is 11.9 Å². The molecule has 1 aliphatic rings. The molecule has 0 unspecified atom stereocenters. The lowest BCUT2D eigenvalue weighted by molar-refractivity contribution is -0.131. The fourth-order valence-electron chi connectivity index (χ4n) is 2.54. The highest BCUT2D eigenvalue weighted by Crippen LogP contribution is 2.20. The number of likely N-dealkylation sites (N-methyl/N-ethyl adjacent to an activating group) is 1. The number of rotatable bonds is 3. The van der Waals surface area contributed by atoms with Crippen molar-refractivity contribution in [2.24, 2.45) is 11.7 Å². The molecule has 2 N–H and O–H groups in total. The van der Waals surface area contributed by atoms with E-state index in [1.54, 1.807) is 11.0 Å². The zero-order valence-electron chi connectivity index (χ0n) is 12.4. The largest absolute Gasteiger partial charge is 0.369 e. The quantitative estimate of drug-likeness (QED) is 0.897. The molecule has 0 saturated carbocycles. The third-order valence-electron chi connectivity index (χ3n) is 3.87. The van der Waals surface area contributed by atoms with Gasteiger partial charge in [0.2, 0.25) is 11.8 Å². The van der Waals surface area contributed by atoms with Crippen LogP contribution >= 0.6 is 11.6 Å². The van der Waals surface area contributed by atoms with E-state index in [0.29, 0.717) is 19.6 Å². The van der Waals surface area contributed by atoms with E-state index < -0.39 is 17.6 Å². The Morgan fingerprint density at radius 1 is 1.36 bits per heavy atom. The molecule has 1 aromatic rings. The molecular weight excluding hydrogens is 309 g/mol. The predicted molar refractivity (Wildman–Crippen MR) is 81.9 cm³/mol. The molecule has 1 fully saturated rings. The first-order valence-corrected chi connectivity index (χ1v) is 7.44. The highest BCUT2D eigenvalue weighted by atomic mass is 35.5. The Morgan fingerprint density at radius 3 is 2.73 bits per heavy atom. The van der Waals surface area contributed by atoms with E-state index in [-0.39, 0.29) is 29.5 Å². The zero-order valence-corrected chi connectivity index (χ0v) is 13.1. The molecule has 0 bridgehead atoms. The Kier molecular flexibility index (Phi) is 5.37. The summed E-state index contributed by atoms with van der Waals surface area (Å²) in [6, 6.07) is 4.32. The van der Waals surface area contributed by atoms with Crippen LogP contribution in [-0.2, 0) is 16.0 Å². The number of primary amides is 1. The second-order valence-corrected chi connectivity index (χ2v) is 5.99. The van der Waals surface area contributed by atoms with Gasteiger partial charge in [0.05, 0.1) is 12.3 Å². The van der Waals surface area contributed by atoms with Crippen molar-refractivity contribution in [3.05, 3.63) is 34.6 Å². The average Bonchev–Trinajstić information content (AvgIpc) is 2.65. The first-order chi connectivity index (χ1) is 10.4. The van der Waals surface area contributed by atoms with Crippen LogP contribution in [-0.4, -0.2) is 54.8 Å². The first kappa shape index (κ1) is 16.7. The van der Waals surface area contributed by atoms with Gasteiger partial charge < -0.3 is 15.5 Å². The van der Waals surface area contributed by atoms with E-state index >= 15 is 0 Å². The minimum Gasteiger partial charge on any atom is -0.369 e. The molecule has 2 rings (SSSR count). The number of nitrogens with zero attached hydrogens (tertiary/aromatic N) is 2. The number of benzene rings is 1. The maximum atomic E-state index is 13.8. The number of carbonyl (C=O) groups excluding carboxylic acids is 2. The third kappa shape index (κ3) is 3.96. The molecule has 1 aliphatic heterocycles. The van der Waals surface area contributed by atoms with Crippen LogP contribution in [0.25, 0.3) is 0 Å². The second-order valence-electron chi connectivity index (χ2n) is 5.58. The topological polar surface area (TPSA) is 66.6 Å². The smallest absolute Gasteiger partial charge is 0.227 e. The lowest BCUT2D eigenvalue weighted by Crippen LogP contribution is -2.41. The molecule has 1 heterocycles. The summed E-state index contributed by atoms with van der Waals surface area (Å²) >= 11 is 5.95. The Hall–Kier alpha value is -1.66. The molecule has 1 saturated heterocycles. The predicted octanol–water partition coefficient (Wildman–Crippen LogP) is 0.897. The molecule has 5 nitrogen and oxygen atoms in total. The number of nitrogens with two attached hydrogens (primary N) is 1. The van der Waals surface area contributed by atoms with Crippen molar-refractivity contribution in [1.29, 1.82) is 0 Å². The van der Waals surface area contributed by atoms with Crippen LogP contribution in [0.3, 0.4) is 0 Å². The van der Waals surface area contributed by atoms with E-state index in [0.717, 1.165) is 0 Å². The molecule has 2 amide bonds. The van der Waals surface area contributed by atoms with Gasteiger partial charge in [0.1, 0.15) is 5.82 Å². The summed E-state index contributed by atoms with van der Waals surface area (Å²) in [5, 5.41) is 0.228. The van der Waals surface area contributed by atoms with Gasteiger partial charge in [-0.1, -0.05) is 17.7 Å². The highest BCUT2D eigenvalue weighted by molar-refractivity contribution is 6.31. The van der Waals surface area contributed by atoms with E-state index in [9.17, 15) is 14.0 Å². The molecule has 0 aliphatic carbocycles. The molecule has 1 atom stereocenters. The fourth-order valence-corrected chi connectivity index (χ4v) is 2.77. The van der Waals surface area contributed by atoms with Gasteiger partial charge >= 0.3 is 0 Å². The Bertz CT molecular complexity index is 562. The number of carbonyl (C=O) groups is 2. The van der Waals surface area contributed by atoms with Gasteiger partial charge in [-0.25, -0.2) is 4.39 Å². The van der Waals surface area contributed by atoms with Crippen LogP contribution in [0.5, 0.6) is 0 Å². The zero-order chi connectivity index (χ0) is 16.3. The van der Waals surface area contributed by atoms with Crippen LogP contribution in [0, 0.1) is 11.7 Å². The van der Waals surface area contributed by atoms with Gasteiger partial charge in [-0.3, -0.25) is 9.59 Å². The van der Waals surface area contributed by atoms with E-state index in [4.69, 9.17) is 17.3 Å². The Labute approximate surface area is 133 Å². The summed E-state index contributed by atoms with van der Waals surface area (Å²) in [6.45, 7) is 1.88. The van der Waals surface area contributed by atoms with Crippen LogP contribution in [0.2, 0.25) is 5.02 Å². The molecule has 0 radical (unpaired) electrons. The maximum Gasteiger partial charge on any atom is 0.227 e. The van der Waals surface area contributed by atoms with Crippen LogP contribution in [0.4, 0.5) is 4.39 Å². The summed E-state index contributed by atoms with van der Waals surface area (Å²) < 4.78 is 13.8. The summed E-state index contributed by atoms with van der Waals surface area (Å²) in [6.07, 6.45) is -0.124. The summed E-state index contributed by atoms with van der Waals surface area (Å²) in [5.74, 6) is -1.61. The van der Waals surface area contributed by atoms with Crippen LogP contribution < -0.4 is 5.73 Å². The first-order valence-electron chi connectivity index (χ1n) is 7.07. The van der Waals surface area contributed by atoms with Gasteiger partial charge in [-0.2, -0.15) is 0 Å².